The molecular formula is C28H40O. The average Bonchev–Trinajstić information content (AvgIpc) is 2.79. The van der Waals surface area contributed by atoms with Gasteiger partial charge in [0.25, 0.3) is 0 Å². The van der Waals surface area contributed by atoms with Crippen LogP contribution in [-0.4, -0.2) is 6.61 Å². The Morgan fingerprint density at radius 2 is 1.52 bits per heavy atom. The van der Waals surface area contributed by atoms with Crippen molar-refractivity contribution in [2.24, 2.45) is 22.7 Å². The second-order valence-electron chi connectivity index (χ2n) is 10.3. The van der Waals surface area contributed by atoms with Crippen molar-refractivity contribution < 1.29 is 4.74 Å². The van der Waals surface area contributed by atoms with Gasteiger partial charge in [0, 0.05) is 11.0 Å². The predicted molar refractivity (Wildman–Crippen MR) is 122 cm³/mol. The Bertz CT molecular complexity index is 686. The van der Waals surface area contributed by atoms with Crippen LogP contribution < -0.4 is 4.74 Å². The van der Waals surface area contributed by atoms with E-state index in [2.05, 4.69) is 50.0 Å². The Labute approximate surface area is 179 Å². The van der Waals surface area contributed by atoms with Crippen LogP contribution in [0.5, 0.6) is 5.75 Å². The van der Waals surface area contributed by atoms with Crippen molar-refractivity contribution in [3.63, 3.8) is 0 Å². The van der Waals surface area contributed by atoms with E-state index in [0.717, 1.165) is 36.2 Å². The molecule has 0 heterocycles. The summed E-state index contributed by atoms with van der Waals surface area (Å²) in [6.45, 7) is 5.28. The third-order valence-corrected chi connectivity index (χ3v) is 8.51. The standard InChI is InChI=1S/C28H40O/c1-3-5-23-6-10-25(11-7-23)28-19-16-27(17-20-28,18-21-28)15-14-24-8-12-26(13-9-24)29-22-4-2/h8-9,12-13,23,25H,3-7,10-11,16-22H2,1-2H3/t23-,25-,27?,28?. The number of rotatable bonds is 6. The van der Waals surface area contributed by atoms with Gasteiger partial charge in [0.05, 0.1) is 6.61 Å². The zero-order chi connectivity index (χ0) is 20.2. The quantitative estimate of drug-likeness (QED) is 0.449. The van der Waals surface area contributed by atoms with Gasteiger partial charge < -0.3 is 4.74 Å². The summed E-state index contributed by atoms with van der Waals surface area (Å²) in [4.78, 5) is 0. The molecule has 0 saturated heterocycles. The van der Waals surface area contributed by atoms with E-state index in [1.54, 1.807) is 0 Å². The summed E-state index contributed by atoms with van der Waals surface area (Å²) < 4.78 is 5.69. The fourth-order valence-corrected chi connectivity index (χ4v) is 6.55. The van der Waals surface area contributed by atoms with E-state index in [1.807, 2.05) is 0 Å². The lowest BCUT2D eigenvalue weighted by molar-refractivity contribution is -0.0378. The van der Waals surface area contributed by atoms with Crippen LogP contribution in [0.3, 0.4) is 0 Å². The third kappa shape index (κ3) is 4.68. The summed E-state index contributed by atoms with van der Waals surface area (Å²) in [6, 6.07) is 8.39. The third-order valence-electron chi connectivity index (χ3n) is 8.51. The molecule has 0 N–H and O–H groups in total. The number of benzene rings is 1. The second-order valence-corrected chi connectivity index (χ2v) is 10.3. The van der Waals surface area contributed by atoms with Gasteiger partial charge in [-0.25, -0.2) is 0 Å². The van der Waals surface area contributed by atoms with E-state index in [-0.39, 0.29) is 0 Å². The van der Waals surface area contributed by atoms with Crippen LogP contribution in [0.4, 0.5) is 0 Å². The van der Waals surface area contributed by atoms with Crippen molar-refractivity contribution >= 4 is 0 Å². The minimum atomic E-state index is 0.304. The lowest BCUT2D eigenvalue weighted by atomic mass is 9.48. The molecule has 158 valence electrons. The van der Waals surface area contributed by atoms with E-state index < -0.39 is 0 Å². The van der Waals surface area contributed by atoms with Crippen molar-refractivity contribution in [1.29, 1.82) is 0 Å². The maximum Gasteiger partial charge on any atom is 0.119 e. The van der Waals surface area contributed by atoms with E-state index >= 15 is 0 Å². The van der Waals surface area contributed by atoms with Gasteiger partial charge in [-0.05, 0) is 99.3 Å². The summed E-state index contributed by atoms with van der Waals surface area (Å²) in [5, 5.41) is 0. The molecule has 0 amide bonds. The molecule has 29 heavy (non-hydrogen) atoms. The molecule has 4 fully saturated rings. The zero-order valence-corrected chi connectivity index (χ0v) is 18.8. The first kappa shape index (κ1) is 20.8. The molecule has 0 radical (unpaired) electrons. The molecule has 0 atom stereocenters. The van der Waals surface area contributed by atoms with E-state index in [4.69, 9.17) is 4.74 Å². The monoisotopic (exact) mass is 392 g/mol. The van der Waals surface area contributed by atoms with Gasteiger partial charge in [-0.3, -0.25) is 0 Å². The molecule has 2 bridgehead atoms. The highest BCUT2D eigenvalue weighted by molar-refractivity contribution is 5.39. The largest absolute Gasteiger partial charge is 0.494 e. The smallest absolute Gasteiger partial charge is 0.119 e. The molecule has 0 aromatic heterocycles. The summed E-state index contributed by atoms with van der Waals surface area (Å²) >= 11 is 0. The average molecular weight is 393 g/mol. The topological polar surface area (TPSA) is 9.23 Å². The first-order chi connectivity index (χ1) is 14.2. The predicted octanol–water partition coefficient (Wildman–Crippen LogP) is 7.77. The van der Waals surface area contributed by atoms with E-state index in [1.165, 1.54) is 77.0 Å². The number of ether oxygens (including phenoxy) is 1. The van der Waals surface area contributed by atoms with Gasteiger partial charge in [0.15, 0.2) is 0 Å². The van der Waals surface area contributed by atoms with Gasteiger partial charge in [-0.1, -0.05) is 51.4 Å². The highest BCUT2D eigenvalue weighted by atomic mass is 16.5. The van der Waals surface area contributed by atoms with Crippen molar-refractivity contribution in [1.82, 2.24) is 0 Å². The summed E-state index contributed by atoms with van der Waals surface area (Å²) in [6.07, 6.45) is 18.2. The lowest BCUT2D eigenvalue weighted by Crippen LogP contribution is -2.45. The van der Waals surface area contributed by atoms with Crippen LogP contribution in [0.25, 0.3) is 0 Å². The van der Waals surface area contributed by atoms with Crippen molar-refractivity contribution in [2.45, 2.75) is 97.3 Å². The van der Waals surface area contributed by atoms with E-state index in [9.17, 15) is 0 Å². The van der Waals surface area contributed by atoms with Crippen LogP contribution in [0.2, 0.25) is 0 Å². The Balaban J connectivity index is 1.34. The molecular weight excluding hydrogens is 352 g/mol. The first-order valence-corrected chi connectivity index (χ1v) is 12.4. The molecule has 1 aromatic rings. The summed E-state index contributed by atoms with van der Waals surface area (Å²) in [5.41, 5.74) is 2.12. The molecule has 4 aliphatic carbocycles. The first-order valence-electron chi connectivity index (χ1n) is 12.4. The van der Waals surface area contributed by atoms with E-state index in [0.29, 0.717) is 10.8 Å². The number of hydrogen-bond donors (Lipinski definition) is 0. The maximum atomic E-state index is 5.69. The molecule has 0 unspecified atom stereocenters. The van der Waals surface area contributed by atoms with Crippen LogP contribution in [-0.2, 0) is 0 Å². The molecule has 4 aliphatic rings. The second kappa shape index (κ2) is 9.16. The summed E-state index contributed by atoms with van der Waals surface area (Å²) in [7, 11) is 0. The van der Waals surface area contributed by atoms with Gasteiger partial charge >= 0.3 is 0 Å². The molecule has 1 nitrogen and oxygen atoms in total. The maximum absolute atomic E-state index is 5.69. The molecule has 0 spiro atoms. The molecule has 1 heteroatoms. The van der Waals surface area contributed by atoms with Crippen molar-refractivity contribution in [2.75, 3.05) is 6.61 Å². The number of hydrogen-bond acceptors (Lipinski definition) is 1. The molecule has 1 aromatic carbocycles. The molecule has 5 rings (SSSR count). The van der Waals surface area contributed by atoms with Crippen LogP contribution in [0.15, 0.2) is 24.3 Å². The summed E-state index contributed by atoms with van der Waals surface area (Å²) in [5.74, 6) is 10.3. The van der Waals surface area contributed by atoms with Gasteiger partial charge in [0.1, 0.15) is 5.75 Å². The highest BCUT2D eigenvalue weighted by Crippen LogP contribution is 2.62. The van der Waals surface area contributed by atoms with Crippen LogP contribution >= 0.6 is 0 Å². The minimum Gasteiger partial charge on any atom is -0.494 e. The van der Waals surface area contributed by atoms with Crippen LogP contribution in [0.1, 0.15) is 103 Å². The zero-order valence-electron chi connectivity index (χ0n) is 18.8. The Kier molecular flexibility index (Phi) is 6.58. The minimum absolute atomic E-state index is 0.304. The highest BCUT2D eigenvalue weighted by Gasteiger charge is 2.51. The fourth-order valence-electron chi connectivity index (χ4n) is 6.55. The Morgan fingerprint density at radius 1 is 0.862 bits per heavy atom. The lowest BCUT2D eigenvalue weighted by Gasteiger charge is -2.56. The normalized spacial score (nSPS) is 33.7. The SMILES string of the molecule is CCCOc1ccc(C#CC23CCC([C@H]4CC[C@H](CCC)CC4)(CC2)CC3)cc1. The van der Waals surface area contributed by atoms with Gasteiger partial charge in [-0.15, -0.1) is 0 Å². The number of fused-ring (bicyclic) bond motifs is 3. The Hall–Kier alpha value is -1.42. The molecule has 0 aliphatic heterocycles. The van der Waals surface area contributed by atoms with Gasteiger partial charge in [0.2, 0.25) is 0 Å². The van der Waals surface area contributed by atoms with Crippen molar-refractivity contribution in [3.8, 4) is 17.6 Å². The molecule has 4 saturated carbocycles. The van der Waals surface area contributed by atoms with Crippen LogP contribution in [0, 0.1) is 34.5 Å². The fraction of sp³-hybridized carbons (Fsp3) is 0.714. The van der Waals surface area contributed by atoms with Crippen molar-refractivity contribution in [3.05, 3.63) is 29.8 Å². The Morgan fingerprint density at radius 3 is 2.10 bits per heavy atom. The van der Waals surface area contributed by atoms with Gasteiger partial charge in [-0.2, -0.15) is 0 Å².